The first-order chi connectivity index (χ1) is 16.0. The molecule has 33 heavy (non-hydrogen) atoms. The number of hydrogen-bond donors (Lipinski definition) is 2. The zero-order valence-corrected chi connectivity index (χ0v) is 18.2. The molecule has 0 atom stereocenters. The molecule has 0 saturated heterocycles. The van der Waals surface area contributed by atoms with Crippen LogP contribution < -0.4 is 11.2 Å². The Morgan fingerprint density at radius 1 is 1.00 bits per heavy atom. The normalized spacial score (nSPS) is 12.7. The summed E-state index contributed by atoms with van der Waals surface area (Å²) < 4.78 is 1.42. The lowest BCUT2D eigenvalue weighted by atomic mass is 9.83. The van der Waals surface area contributed by atoms with Gasteiger partial charge in [0, 0.05) is 23.1 Å². The van der Waals surface area contributed by atoms with Gasteiger partial charge in [0.05, 0.1) is 18.7 Å². The Bertz CT molecular complexity index is 1460. The molecule has 0 aliphatic heterocycles. The van der Waals surface area contributed by atoms with Crippen LogP contribution in [-0.4, -0.2) is 25.6 Å². The summed E-state index contributed by atoms with van der Waals surface area (Å²) in [5, 5.41) is 11.2. The van der Waals surface area contributed by atoms with Gasteiger partial charge in [0.25, 0.3) is 5.56 Å². The predicted molar refractivity (Wildman–Crippen MR) is 127 cm³/mol. The van der Waals surface area contributed by atoms with Crippen molar-refractivity contribution in [3.05, 3.63) is 119 Å². The third-order valence-corrected chi connectivity index (χ3v) is 6.53. The summed E-state index contributed by atoms with van der Waals surface area (Å²) in [6.07, 6.45) is 5.50. The summed E-state index contributed by atoms with van der Waals surface area (Å²) in [4.78, 5) is 43.4. The molecular weight excluding hydrogens is 438 g/mol. The van der Waals surface area contributed by atoms with E-state index in [1.165, 1.54) is 15.9 Å². The highest BCUT2D eigenvalue weighted by Crippen LogP contribution is 2.37. The molecule has 0 amide bonds. The summed E-state index contributed by atoms with van der Waals surface area (Å²) >= 11 is 1.29. The number of hydrogen-bond acceptors (Lipinski definition) is 5. The van der Waals surface area contributed by atoms with Crippen LogP contribution >= 0.6 is 11.3 Å². The highest BCUT2D eigenvalue weighted by molar-refractivity contribution is 7.09. The number of carboxylic acid groups (broad SMARTS) is 1. The van der Waals surface area contributed by atoms with Crippen molar-refractivity contribution < 1.29 is 9.90 Å². The van der Waals surface area contributed by atoms with Crippen molar-refractivity contribution in [2.24, 2.45) is 0 Å². The highest BCUT2D eigenvalue weighted by atomic mass is 32.1. The van der Waals surface area contributed by atoms with Crippen molar-refractivity contribution in [1.82, 2.24) is 14.5 Å². The van der Waals surface area contributed by atoms with E-state index in [-0.39, 0.29) is 18.9 Å². The lowest BCUT2D eigenvalue weighted by molar-refractivity contribution is -0.136. The van der Waals surface area contributed by atoms with Crippen LogP contribution in [0.2, 0.25) is 0 Å². The van der Waals surface area contributed by atoms with Crippen LogP contribution in [0.3, 0.4) is 0 Å². The molecule has 164 valence electrons. The van der Waals surface area contributed by atoms with E-state index in [1.807, 2.05) is 60.7 Å². The monoisotopic (exact) mass is 457 g/mol. The van der Waals surface area contributed by atoms with Crippen LogP contribution in [0.4, 0.5) is 0 Å². The van der Waals surface area contributed by atoms with Gasteiger partial charge in [0.1, 0.15) is 5.01 Å². The molecule has 2 aromatic carbocycles. The number of nitrogens with zero attached hydrogens (tertiary/aromatic N) is 2. The molecule has 8 heteroatoms. The molecule has 2 heterocycles. The third-order valence-electron chi connectivity index (χ3n) is 5.64. The molecule has 5 rings (SSSR count). The Labute approximate surface area is 192 Å². The minimum absolute atomic E-state index is 0.140. The van der Waals surface area contributed by atoms with Gasteiger partial charge in [-0.05, 0) is 22.3 Å². The number of carboxylic acids is 1. The van der Waals surface area contributed by atoms with Gasteiger partial charge >= 0.3 is 11.7 Å². The summed E-state index contributed by atoms with van der Waals surface area (Å²) in [5.74, 6) is -1.32. The fourth-order valence-electron chi connectivity index (χ4n) is 4.19. The Morgan fingerprint density at radius 2 is 1.64 bits per heavy atom. The van der Waals surface area contributed by atoms with E-state index in [1.54, 1.807) is 11.6 Å². The van der Waals surface area contributed by atoms with E-state index in [0.29, 0.717) is 16.3 Å². The second-order valence-electron chi connectivity index (χ2n) is 7.80. The molecule has 2 aromatic heterocycles. The van der Waals surface area contributed by atoms with Gasteiger partial charge in [-0.25, -0.2) is 9.78 Å². The second kappa shape index (κ2) is 8.48. The number of aromatic nitrogens is 3. The maximum absolute atomic E-state index is 13.0. The molecule has 0 radical (unpaired) electrons. The fraction of sp³-hybridized carbons (Fsp3) is 0.120. The molecule has 0 fully saturated rings. The summed E-state index contributed by atoms with van der Waals surface area (Å²) in [6, 6.07) is 15.8. The number of rotatable bonds is 5. The molecular formula is C25H19N3O4S. The van der Waals surface area contributed by atoms with E-state index in [4.69, 9.17) is 5.11 Å². The van der Waals surface area contributed by atoms with E-state index < -0.39 is 17.2 Å². The van der Waals surface area contributed by atoms with Gasteiger partial charge in [-0.15, -0.1) is 11.3 Å². The molecule has 4 aromatic rings. The number of thiazole rings is 1. The SMILES string of the molecule is O=C(O)Cc1csc(Cn2cc(C3c4ccccc4C=Cc4ccccc43)c(=O)[nH]c2=O)n1. The maximum Gasteiger partial charge on any atom is 0.328 e. The van der Waals surface area contributed by atoms with E-state index in [2.05, 4.69) is 9.97 Å². The summed E-state index contributed by atoms with van der Waals surface area (Å²) in [6.45, 7) is 0.140. The smallest absolute Gasteiger partial charge is 0.328 e. The number of aliphatic carboxylic acids is 1. The minimum atomic E-state index is -0.963. The van der Waals surface area contributed by atoms with Crippen molar-refractivity contribution >= 4 is 29.5 Å². The van der Waals surface area contributed by atoms with E-state index in [9.17, 15) is 14.4 Å². The Kier molecular flexibility index (Phi) is 5.35. The lowest BCUT2D eigenvalue weighted by Gasteiger charge is -2.21. The number of benzene rings is 2. The number of H-pyrrole nitrogens is 1. The van der Waals surface area contributed by atoms with Crippen LogP contribution in [0, 0.1) is 0 Å². The summed E-state index contributed by atoms with van der Waals surface area (Å²) in [5.41, 5.74) is 3.91. The quantitative estimate of drug-likeness (QED) is 0.421. The molecule has 2 N–H and O–H groups in total. The zero-order chi connectivity index (χ0) is 22.9. The minimum Gasteiger partial charge on any atom is -0.481 e. The Morgan fingerprint density at radius 3 is 2.27 bits per heavy atom. The number of carbonyl (C=O) groups is 1. The van der Waals surface area contributed by atoms with Crippen molar-refractivity contribution in [1.29, 1.82) is 0 Å². The molecule has 1 aliphatic rings. The Balaban J connectivity index is 1.62. The molecule has 0 saturated carbocycles. The summed E-state index contributed by atoms with van der Waals surface area (Å²) in [7, 11) is 0. The first kappa shape index (κ1) is 20.8. The fourth-order valence-corrected chi connectivity index (χ4v) is 4.98. The van der Waals surface area contributed by atoms with Gasteiger partial charge in [-0.2, -0.15) is 0 Å². The second-order valence-corrected chi connectivity index (χ2v) is 8.74. The number of fused-ring (bicyclic) bond motifs is 2. The standard InChI is InChI=1S/C25H19N3O4S/c29-22(30)11-17-14-33-21(26-17)13-28-12-20(24(31)27-25(28)32)23-18-7-3-1-5-15(18)9-10-16-6-2-4-8-19(16)23/h1-10,12,14,23H,11,13H2,(H,29,30)(H,27,31,32). The van der Waals surface area contributed by atoms with Crippen molar-refractivity contribution in [3.63, 3.8) is 0 Å². The van der Waals surface area contributed by atoms with Crippen LogP contribution in [0.15, 0.2) is 69.7 Å². The number of aromatic amines is 1. The van der Waals surface area contributed by atoms with Gasteiger partial charge in [0.15, 0.2) is 0 Å². The average molecular weight is 458 g/mol. The Hall–Kier alpha value is -4.04. The average Bonchev–Trinajstić information content (AvgIpc) is 3.15. The predicted octanol–water partition coefficient (Wildman–Crippen LogP) is 3.33. The largest absolute Gasteiger partial charge is 0.481 e. The molecule has 0 bridgehead atoms. The van der Waals surface area contributed by atoms with Gasteiger partial charge in [-0.1, -0.05) is 60.7 Å². The maximum atomic E-state index is 13.0. The first-order valence-electron chi connectivity index (χ1n) is 10.3. The molecule has 0 unspecified atom stereocenters. The van der Waals surface area contributed by atoms with Crippen LogP contribution in [-0.2, 0) is 17.8 Å². The van der Waals surface area contributed by atoms with Crippen molar-refractivity contribution in [3.8, 4) is 0 Å². The van der Waals surface area contributed by atoms with Gasteiger partial charge in [-0.3, -0.25) is 19.1 Å². The van der Waals surface area contributed by atoms with Gasteiger partial charge < -0.3 is 5.11 Å². The third kappa shape index (κ3) is 4.08. The van der Waals surface area contributed by atoms with Crippen LogP contribution in [0.5, 0.6) is 0 Å². The molecule has 1 aliphatic carbocycles. The van der Waals surface area contributed by atoms with E-state index in [0.717, 1.165) is 22.3 Å². The highest BCUT2D eigenvalue weighted by Gasteiger charge is 2.26. The first-order valence-corrected chi connectivity index (χ1v) is 11.2. The van der Waals surface area contributed by atoms with Crippen LogP contribution in [0.25, 0.3) is 12.2 Å². The molecule has 7 nitrogen and oxygen atoms in total. The van der Waals surface area contributed by atoms with E-state index >= 15 is 0 Å². The lowest BCUT2D eigenvalue weighted by Crippen LogP contribution is -2.33. The number of nitrogens with one attached hydrogen (secondary N) is 1. The topological polar surface area (TPSA) is 105 Å². The molecule has 0 spiro atoms. The van der Waals surface area contributed by atoms with Crippen molar-refractivity contribution in [2.75, 3.05) is 0 Å². The van der Waals surface area contributed by atoms with Crippen LogP contribution in [0.1, 0.15) is 44.4 Å². The van der Waals surface area contributed by atoms with Gasteiger partial charge in [0.2, 0.25) is 0 Å². The van der Waals surface area contributed by atoms with Crippen molar-refractivity contribution in [2.45, 2.75) is 18.9 Å². The zero-order valence-electron chi connectivity index (χ0n) is 17.4.